The molecule has 0 radical (unpaired) electrons. The lowest BCUT2D eigenvalue weighted by Crippen LogP contribution is -2.45. The number of aliphatic imine (C=N–C) groups is 1. The molecule has 3 aliphatic heterocycles. The van der Waals surface area contributed by atoms with Crippen LogP contribution < -0.4 is 4.90 Å². The van der Waals surface area contributed by atoms with Crippen molar-refractivity contribution >= 4 is 29.2 Å². The summed E-state index contributed by atoms with van der Waals surface area (Å²) in [5, 5.41) is 0. The number of para-hydroxylation sites is 1. The van der Waals surface area contributed by atoms with Gasteiger partial charge in [-0.15, -0.1) is 0 Å². The molecule has 2 nitrogen and oxygen atoms in total. The fraction of sp³-hybridized carbons (Fsp3) is 0.156. The van der Waals surface area contributed by atoms with Gasteiger partial charge in [0, 0.05) is 37.7 Å². The maximum Gasteiger partial charge on any atom is 0.149 e. The highest BCUT2D eigenvalue weighted by Gasteiger charge is 2.54. The van der Waals surface area contributed by atoms with Crippen LogP contribution in [0.3, 0.4) is 0 Å². The third-order valence-electron chi connectivity index (χ3n) is 8.17. The van der Waals surface area contributed by atoms with Crippen LogP contribution in [0.5, 0.6) is 0 Å². The number of benzene rings is 4. The van der Waals surface area contributed by atoms with Gasteiger partial charge in [0.1, 0.15) is 6.17 Å². The second-order valence-corrected chi connectivity index (χ2v) is 11.0. The predicted molar refractivity (Wildman–Crippen MR) is 145 cm³/mol. The van der Waals surface area contributed by atoms with Crippen LogP contribution in [-0.2, 0) is 12.0 Å². The van der Waals surface area contributed by atoms with Crippen molar-refractivity contribution in [2.75, 3.05) is 4.90 Å². The van der Waals surface area contributed by atoms with Crippen LogP contribution in [0.1, 0.15) is 58.5 Å². The minimum atomic E-state index is -0.264. The lowest BCUT2D eigenvalue weighted by Gasteiger charge is -2.45. The van der Waals surface area contributed by atoms with E-state index in [-0.39, 0.29) is 11.7 Å². The van der Waals surface area contributed by atoms with E-state index in [4.69, 9.17) is 4.99 Å². The molecule has 0 saturated heterocycles. The average Bonchev–Trinajstić information content (AvgIpc) is 3.18. The summed E-state index contributed by atoms with van der Waals surface area (Å²) in [7, 11) is 0. The van der Waals surface area contributed by atoms with Gasteiger partial charge in [-0.25, -0.2) is 0 Å². The normalized spacial score (nSPS) is 22.5. The molecule has 0 N–H and O–H groups in total. The number of rotatable bonds is 1. The number of fused-ring (bicyclic) bond motifs is 8. The minimum absolute atomic E-state index is 0.0463. The highest BCUT2D eigenvalue weighted by molar-refractivity contribution is 7.99. The Hall–Kier alpha value is -3.56. The molecule has 3 heterocycles. The molecular formula is C32H24N2S. The standard InChI is InChI=1S/C32H24N2S/c1-32-25-16-5-7-18-27(25)35-28-19-9-15-24(29(28)32)31-33-30(23-13-4-6-17-26(23)34(31)32)22-14-8-11-20-10-2-3-12-21(20)22/h3-9,11-19,31H,2,10H2,1H3. The molecular weight excluding hydrogens is 444 g/mol. The van der Waals surface area contributed by atoms with E-state index in [0.29, 0.717) is 0 Å². The molecule has 168 valence electrons. The molecule has 0 amide bonds. The summed E-state index contributed by atoms with van der Waals surface area (Å²) in [6, 6.07) is 31.3. The summed E-state index contributed by atoms with van der Waals surface area (Å²) >= 11 is 1.90. The van der Waals surface area contributed by atoms with Gasteiger partial charge in [0.15, 0.2) is 0 Å². The van der Waals surface area contributed by atoms with Gasteiger partial charge in [-0.05, 0) is 54.7 Å². The van der Waals surface area contributed by atoms with Gasteiger partial charge in [0.2, 0.25) is 0 Å². The third-order valence-corrected chi connectivity index (χ3v) is 9.30. The van der Waals surface area contributed by atoms with E-state index in [0.717, 1.165) is 18.6 Å². The fourth-order valence-electron chi connectivity index (χ4n) is 6.68. The van der Waals surface area contributed by atoms with E-state index in [1.165, 1.54) is 54.4 Å². The summed E-state index contributed by atoms with van der Waals surface area (Å²) in [6.07, 6.45) is 6.77. The first-order valence-corrected chi connectivity index (χ1v) is 13.2. The first-order valence-electron chi connectivity index (χ1n) is 12.4. The van der Waals surface area contributed by atoms with E-state index < -0.39 is 0 Å². The van der Waals surface area contributed by atoms with Crippen LogP contribution in [0.25, 0.3) is 6.08 Å². The van der Waals surface area contributed by atoms with Crippen molar-refractivity contribution < 1.29 is 0 Å². The van der Waals surface area contributed by atoms with Crippen LogP contribution >= 0.6 is 11.8 Å². The number of hydrogen-bond acceptors (Lipinski definition) is 3. The maximum absolute atomic E-state index is 5.59. The Kier molecular flexibility index (Phi) is 3.94. The first-order chi connectivity index (χ1) is 17.2. The zero-order valence-electron chi connectivity index (χ0n) is 19.5. The smallest absolute Gasteiger partial charge is 0.149 e. The van der Waals surface area contributed by atoms with Crippen molar-refractivity contribution in [3.8, 4) is 0 Å². The van der Waals surface area contributed by atoms with Crippen LogP contribution in [0.2, 0.25) is 0 Å². The van der Waals surface area contributed by atoms with E-state index in [2.05, 4.69) is 109 Å². The maximum atomic E-state index is 5.59. The topological polar surface area (TPSA) is 15.6 Å². The second-order valence-electron chi connectivity index (χ2n) is 9.95. The molecule has 2 atom stereocenters. The van der Waals surface area contributed by atoms with Gasteiger partial charge < -0.3 is 4.90 Å². The van der Waals surface area contributed by atoms with Crippen LogP contribution in [-0.4, -0.2) is 5.71 Å². The number of nitrogens with zero attached hydrogens (tertiary/aromatic N) is 2. The highest BCUT2D eigenvalue weighted by Crippen LogP contribution is 2.61. The van der Waals surface area contributed by atoms with Gasteiger partial charge in [-0.3, -0.25) is 4.99 Å². The lowest BCUT2D eigenvalue weighted by molar-refractivity contribution is 0.496. The Morgan fingerprint density at radius 2 is 1.66 bits per heavy atom. The zero-order chi connectivity index (χ0) is 23.1. The van der Waals surface area contributed by atoms with Crippen LogP contribution in [0, 0.1) is 0 Å². The lowest BCUT2D eigenvalue weighted by atomic mass is 9.83. The summed E-state index contributed by atoms with van der Waals surface area (Å²) < 4.78 is 0. The van der Waals surface area contributed by atoms with Gasteiger partial charge in [0.25, 0.3) is 0 Å². The van der Waals surface area contributed by atoms with E-state index >= 15 is 0 Å². The fourth-order valence-corrected chi connectivity index (χ4v) is 8.00. The van der Waals surface area contributed by atoms with E-state index in [1.54, 1.807) is 0 Å². The van der Waals surface area contributed by atoms with Crippen molar-refractivity contribution in [2.24, 2.45) is 4.99 Å². The van der Waals surface area contributed by atoms with Crippen molar-refractivity contribution in [1.29, 1.82) is 0 Å². The molecule has 1 aliphatic carbocycles. The summed E-state index contributed by atoms with van der Waals surface area (Å²) in [6.45, 7) is 2.40. The Balaban J connectivity index is 1.44. The van der Waals surface area contributed by atoms with E-state index in [9.17, 15) is 0 Å². The summed E-state index contributed by atoms with van der Waals surface area (Å²) in [5.74, 6) is 0. The monoisotopic (exact) mass is 468 g/mol. The number of allylic oxidation sites excluding steroid dienone is 1. The molecule has 4 aliphatic rings. The molecule has 2 unspecified atom stereocenters. The Labute approximate surface area is 210 Å². The van der Waals surface area contributed by atoms with Crippen LogP contribution in [0.15, 0.2) is 106 Å². The van der Waals surface area contributed by atoms with Gasteiger partial charge in [-0.2, -0.15) is 0 Å². The average molecular weight is 469 g/mol. The molecule has 0 aromatic heterocycles. The Bertz CT molecular complexity index is 1610. The largest absolute Gasteiger partial charge is 0.331 e. The molecule has 3 heteroatoms. The highest BCUT2D eigenvalue weighted by atomic mass is 32.2. The minimum Gasteiger partial charge on any atom is -0.331 e. The second kappa shape index (κ2) is 6.99. The molecule has 35 heavy (non-hydrogen) atoms. The number of anilines is 1. The first kappa shape index (κ1) is 19.7. The third kappa shape index (κ3) is 2.49. The molecule has 0 saturated carbocycles. The number of aryl methyl sites for hydroxylation is 1. The Morgan fingerprint density at radius 1 is 0.857 bits per heavy atom. The molecule has 0 fully saturated rings. The SMILES string of the molecule is CC12c3ccccc3Sc3cccc(c31)C1N=C(c3cccc4c3C=CCC4)c3ccccc3N12. The van der Waals surface area contributed by atoms with Crippen molar-refractivity contribution in [2.45, 2.75) is 41.3 Å². The van der Waals surface area contributed by atoms with Gasteiger partial charge in [-0.1, -0.05) is 90.6 Å². The molecule has 4 aromatic rings. The van der Waals surface area contributed by atoms with Crippen molar-refractivity contribution in [3.63, 3.8) is 0 Å². The molecule has 0 spiro atoms. The quantitative estimate of drug-likeness (QED) is 0.284. The van der Waals surface area contributed by atoms with E-state index in [1.807, 2.05) is 11.8 Å². The van der Waals surface area contributed by atoms with Crippen molar-refractivity contribution in [1.82, 2.24) is 0 Å². The summed E-state index contributed by atoms with van der Waals surface area (Å²) in [5.41, 5.74) is 11.5. The molecule has 0 bridgehead atoms. The molecule has 4 aromatic carbocycles. The zero-order valence-corrected chi connectivity index (χ0v) is 20.3. The Morgan fingerprint density at radius 3 is 2.63 bits per heavy atom. The summed E-state index contributed by atoms with van der Waals surface area (Å²) in [4.78, 5) is 10.9. The molecule has 8 rings (SSSR count). The van der Waals surface area contributed by atoms with Crippen LogP contribution in [0.4, 0.5) is 5.69 Å². The van der Waals surface area contributed by atoms with Gasteiger partial charge in [0.05, 0.1) is 11.3 Å². The number of hydrogen-bond donors (Lipinski definition) is 0. The van der Waals surface area contributed by atoms with Crippen molar-refractivity contribution in [3.05, 3.63) is 130 Å². The van der Waals surface area contributed by atoms with Gasteiger partial charge >= 0.3 is 0 Å². The predicted octanol–water partition coefficient (Wildman–Crippen LogP) is 7.74.